The monoisotopic (exact) mass is 191 g/mol. The Morgan fingerprint density at radius 3 is 2.86 bits per heavy atom. The van der Waals surface area contributed by atoms with Gasteiger partial charge in [0, 0.05) is 5.69 Å². The minimum atomic E-state index is -0.597. The number of para-hydroxylation sites is 1. The number of rotatable bonds is 1. The van der Waals surface area contributed by atoms with Crippen molar-refractivity contribution >= 4 is 5.69 Å². The molecule has 14 heavy (non-hydrogen) atoms. The van der Waals surface area contributed by atoms with Crippen LogP contribution < -0.4 is 4.90 Å². The summed E-state index contributed by atoms with van der Waals surface area (Å²) in [6.45, 7) is 0.971. The van der Waals surface area contributed by atoms with Crippen molar-refractivity contribution < 1.29 is 9.84 Å². The first-order valence-electron chi connectivity index (χ1n) is 4.62. The van der Waals surface area contributed by atoms with Gasteiger partial charge in [0.25, 0.3) is 0 Å². The molecule has 74 valence electrons. The van der Waals surface area contributed by atoms with Gasteiger partial charge in [-0.1, -0.05) is 24.3 Å². The van der Waals surface area contributed by atoms with Crippen LogP contribution in [-0.4, -0.2) is 24.7 Å². The highest BCUT2D eigenvalue weighted by Gasteiger charge is 2.14. The zero-order valence-corrected chi connectivity index (χ0v) is 7.84. The van der Waals surface area contributed by atoms with Gasteiger partial charge in [0.15, 0.2) is 0 Å². The van der Waals surface area contributed by atoms with Crippen LogP contribution >= 0.6 is 0 Å². The number of benzene rings is 1. The van der Waals surface area contributed by atoms with Crippen LogP contribution in [0.5, 0.6) is 0 Å². The summed E-state index contributed by atoms with van der Waals surface area (Å²) in [7, 11) is 0. The summed E-state index contributed by atoms with van der Waals surface area (Å²) in [5.74, 6) is 0. The fourth-order valence-electron chi connectivity index (χ4n) is 1.42. The predicted molar refractivity (Wildman–Crippen MR) is 54.9 cm³/mol. The zero-order valence-electron chi connectivity index (χ0n) is 7.84. The number of anilines is 1. The molecule has 1 aliphatic rings. The Hall–Kier alpha value is -1.32. The average Bonchev–Trinajstić information content (AvgIpc) is 2.44. The second-order valence-electron chi connectivity index (χ2n) is 3.15. The number of hydrogen-bond acceptors (Lipinski definition) is 3. The Labute approximate surface area is 83.2 Å². The van der Waals surface area contributed by atoms with Crippen molar-refractivity contribution in [1.82, 2.24) is 0 Å². The van der Waals surface area contributed by atoms with Gasteiger partial charge < -0.3 is 14.7 Å². The van der Waals surface area contributed by atoms with E-state index in [1.165, 1.54) is 0 Å². The van der Waals surface area contributed by atoms with Crippen molar-refractivity contribution in [2.45, 2.75) is 6.23 Å². The third-order valence-corrected chi connectivity index (χ3v) is 2.16. The predicted octanol–water partition coefficient (Wildman–Crippen LogP) is 1.36. The lowest BCUT2D eigenvalue weighted by Gasteiger charge is -2.26. The normalized spacial score (nSPS) is 22.1. The second kappa shape index (κ2) is 4.26. The van der Waals surface area contributed by atoms with E-state index < -0.39 is 6.23 Å². The van der Waals surface area contributed by atoms with Gasteiger partial charge in [-0.25, -0.2) is 0 Å². The van der Waals surface area contributed by atoms with Crippen LogP contribution in [0.25, 0.3) is 0 Å². The van der Waals surface area contributed by atoms with E-state index in [9.17, 15) is 5.11 Å². The summed E-state index contributed by atoms with van der Waals surface area (Å²) in [5, 5.41) is 9.76. The minimum Gasteiger partial charge on any atom is -0.370 e. The minimum absolute atomic E-state index is 0.415. The van der Waals surface area contributed by atoms with Crippen LogP contribution in [0.1, 0.15) is 0 Å². The van der Waals surface area contributed by atoms with Crippen LogP contribution in [0, 0.1) is 0 Å². The van der Waals surface area contributed by atoms with Gasteiger partial charge in [0.2, 0.25) is 0 Å². The van der Waals surface area contributed by atoms with Crippen molar-refractivity contribution in [3.63, 3.8) is 0 Å². The van der Waals surface area contributed by atoms with Gasteiger partial charge in [0.05, 0.1) is 6.61 Å². The molecule has 1 aliphatic heterocycles. The molecule has 0 bridgehead atoms. The summed E-state index contributed by atoms with van der Waals surface area (Å²) >= 11 is 0. The van der Waals surface area contributed by atoms with E-state index >= 15 is 0 Å². The topological polar surface area (TPSA) is 32.7 Å². The number of hydrogen-bond donors (Lipinski definition) is 1. The molecule has 0 aromatic heterocycles. The van der Waals surface area contributed by atoms with E-state index in [0.717, 1.165) is 5.69 Å². The summed E-state index contributed by atoms with van der Waals surface area (Å²) in [6, 6.07) is 9.73. The Balaban J connectivity index is 2.20. The number of aliphatic hydroxyl groups is 1. The lowest BCUT2D eigenvalue weighted by atomic mass is 10.3. The summed E-state index contributed by atoms with van der Waals surface area (Å²) in [6.07, 6.45) is 2.97. The first-order valence-corrected chi connectivity index (χ1v) is 4.62. The molecule has 0 radical (unpaired) electrons. The highest BCUT2D eigenvalue weighted by atomic mass is 16.5. The second-order valence-corrected chi connectivity index (χ2v) is 3.15. The maximum atomic E-state index is 9.76. The van der Waals surface area contributed by atoms with Crippen molar-refractivity contribution in [3.05, 3.63) is 42.5 Å². The molecule has 0 saturated heterocycles. The SMILES string of the molecule is OC1C=CCOCN1c1ccccc1. The molecule has 2 rings (SSSR count). The van der Waals surface area contributed by atoms with Gasteiger partial charge >= 0.3 is 0 Å². The lowest BCUT2D eigenvalue weighted by molar-refractivity contribution is 0.129. The molecule has 1 aromatic carbocycles. The molecule has 1 unspecified atom stereocenters. The molecule has 0 amide bonds. The van der Waals surface area contributed by atoms with E-state index in [0.29, 0.717) is 13.3 Å². The third-order valence-electron chi connectivity index (χ3n) is 2.16. The van der Waals surface area contributed by atoms with Crippen molar-refractivity contribution in [1.29, 1.82) is 0 Å². The number of ether oxygens (including phenoxy) is 1. The summed E-state index contributed by atoms with van der Waals surface area (Å²) in [5.41, 5.74) is 0.964. The van der Waals surface area contributed by atoms with E-state index in [4.69, 9.17) is 4.74 Å². The van der Waals surface area contributed by atoms with Crippen LogP contribution in [0.2, 0.25) is 0 Å². The standard InChI is InChI=1S/C11H13NO2/c13-11-7-4-8-14-9-12(11)10-5-2-1-3-6-10/h1-7,11,13H,8-9H2. The molecule has 3 nitrogen and oxygen atoms in total. The van der Waals surface area contributed by atoms with Crippen molar-refractivity contribution in [2.24, 2.45) is 0 Å². The lowest BCUT2D eigenvalue weighted by Crippen LogP contribution is -2.34. The molecule has 3 heteroatoms. The summed E-state index contributed by atoms with van der Waals surface area (Å²) in [4.78, 5) is 1.80. The zero-order chi connectivity index (χ0) is 9.80. The molecular formula is C11H13NO2. The van der Waals surface area contributed by atoms with E-state index in [1.54, 1.807) is 11.0 Å². The third kappa shape index (κ3) is 1.95. The van der Waals surface area contributed by atoms with Gasteiger partial charge in [-0.05, 0) is 18.2 Å². The molecule has 0 fully saturated rings. The highest BCUT2D eigenvalue weighted by molar-refractivity contribution is 5.47. The van der Waals surface area contributed by atoms with Crippen molar-refractivity contribution in [3.8, 4) is 0 Å². The largest absolute Gasteiger partial charge is 0.370 e. The Morgan fingerprint density at radius 1 is 1.29 bits per heavy atom. The quantitative estimate of drug-likeness (QED) is 0.680. The highest BCUT2D eigenvalue weighted by Crippen LogP contribution is 2.17. The fraction of sp³-hybridized carbons (Fsp3) is 0.273. The van der Waals surface area contributed by atoms with Crippen LogP contribution in [0.4, 0.5) is 5.69 Å². The molecular weight excluding hydrogens is 178 g/mol. The number of nitrogens with zero attached hydrogens (tertiary/aromatic N) is 1. The maximum Gasteiger partial charge on any atom is 0.148 e. The van der Waals surface area contributed by atoms with Gasteiger partial charge in [-0.15, -0.1) is 0 Å². The molecule has 1 aromatic rings. The fourth-order valence-corrected chi connectivity index (χ4v) is 1.42. The van der Waals surface area contributed by atoms with E-state index in [1.807, 2.05) is 36.4 Å². The van der Waals surface area contributed by atoms with E-state index in [2.05, 4.69) is 0 Å². The maximum absolute atomic E-state index is 9.76. The summed E-state index contributed by atoms with van der Waals surface area (Å²) < 4.78 is 5.31. The Kier molecular flexibility index (Phi) is 2.81. The van der Waals surface area contributed by atoms with Gasteiger partial charge in [0.1, 0.15) is 13.0 Å². The first kappa shape index (κ1) is 9.24. The molecule has 1 heterocycles. The molecule has 0 aliphatic carbocycles. The van der Waals surface area contributed by atoms with E-state index in [-0.39, 0.29) is 0 Å². The van der Waals surface area contributed by atoms with Gasteiger partial charge in [-0.2, -0.15) is 0 Å². The first-order chi connectivity index (χ1) is 6.88. The Bertz CT molecular complexity index is 310. The van der Waals surface area contributed by atoms with Gasteiger partial charge in [-0.3, -0.25) is 0 Å². The van der Waals surface area contributed by atoms with Crippen LogP contribution in [0.15, 0.2) is 42.5 Å². The Morgan fingerprint density at radius 2 is 2.07 bits per heavy atom. The number of aliphatic hydroxyl groups excluding tert-OH is 1. The average molecular weight is 191 g/mol. The molecule has 0 saturated carbocycles. The smallest absolute Gasteiger partial charge is 0.148 e. The van der Waals surface area contributed by atoms with Crippen LogP contribution in [-0.2, 0) is 4.74 Å². The van der Waals surface area contributed by atoms with Crippen molar-refractivity contribution in [2.75, 3.05) is 18.2 Å². The van der Waals surface area contributed by atoms with Crippen LogP contribution in [0.3, 0.4) is 0 Å². The molecule has 1 N–H and O–H groups in total. The molecule has 0 spiro atoms. The molecule has 1 atom stereocenters.